The molecule has 1 saturated heterocycles. The van der Waals surface area contributed by atoms with E-state index in [1.54, 1.807) is 35.9 Å². The molecule has 3 aromatic rings. The van der Waals surface area contributed by atoms with Gasteiger partial charge in [0.15, 0.2) is 0 Å². The van der Waals surface area contributed by atoms with Gasteiger partial charge in [-0.05, 0) is 73.5 Å². The molecule has 8 heteroatoms. The fraction of sp³-hybridized carbons (Fsp3) is 0.231. The van der Waals surface area contributed by atoms with Crippen molar-refractivity contribution in [3.8, 4) is 11.5 Å². The summed E-state index contributed by atoms with van der Waals surface area (Å²) in [6.07, 6.45) is 0. The van der Waals surface area contributed by atoms with Gasteiger partial charge in [-0.1, -0.05) is 18.2 Å². The average Bonchev–Trinajstić information content (AvgIpc) is 3.22. The molecule has 1 heterocycles. The Morgan fingerprint density at radius 2 is 1.82 bits per heavy atom. The van der Waals surface area contributed by atoms with Crippen molar-refractivity contribution >= 4 is 40.8 Å². The third-order valence-electron chi connectivity index (χ3n) is 5.31. The maximum absolute atomic E-state index is 12.8. The second-order valence-electron chi connectivity index (χ2n) is 7.76. The highest BCUT2D eigenvalue weighted by molar-refractivity contribution is 8.00. The molecule has 3 amide bonds. The number of hydrogen-bond acceptors (Lipinski definition) is 5. The first-order chi connectivity index (χ1) is 16.5. The van der Waals surface area contributed by atoms with E-state index < -0.39 is 0 Å². The molecule has 7 nitrogen and oxygen atoms in total. The van der Waals surface area contributed by atoms with Crippen LogP contribution in [0, 0.1) is 6.92 Å². The summed E-state index contributed by atoms with van der Waals surface area (Å²) in [5.74, 6) is 1.79. The number of aryl methyl sites for hydroxylation is 1. The summed E-state index contributed by atoms with van der Waals surface area (Å²) < 4.78 is 10.9. The first kappa shape index (κ1) is 23.5. The van der Waals surface area contributed by atoms with Crippen LogP contribution in [0.1, 0.15) is 23.4 Å². The van der Waals surface area contributed by atoms with Crippen LogP contribution in [0.25, 0.3) is 0 Å². The number of nitrogens with one attached hydrogen (secondary N) is 2. The molecular formula is C26H27N3O4S. The van der Waals surface area contributed by atoms with Gasteiger partial charge >= 0.3 is 6.03 Å². The predicted molar refractivity (Wildman–Crippen MR) is 137 cm³/mol. The van der Waals surface area contributed by atoms with E-state index in [1.807, 2.05) is 68.4 Å². The number of carbonyl (C=O) groups is 2. The second kappa shape index (κ2) is 10.5. The topological polar surface area (TPSA) is 79.9 Å². The van der Waals surface area contributed by atoms with Crippen LogP contribution in [0.2, 0.25) is 0 Å². The second-order valence-corrected chi connectivity index (χ2v) is 8.83. The Labute approximate surface area is 203 Å². The maximum Gasteiger partial charge on any atom is 0.323 e. The molecule has 0 aliphatic carbocycles. The van der Waals surface area contributed by atoms with Crippen LogP contribution in [0.15, 0.2) is 66.7 Å². The number of methoxy groups -OCH3 is 1. The first-order valence-electron chi connectivity index (χ1n) is 11.0. The minimum absolute atomic E-state index is 0.0190. The number of hydrogen-bond donors (Lipinski definition) is 2. The average molecular weight is 478 g/mol. The van der Waals surface area contributed by atoms with Crippen molar-refractivity contribution in [3.63, 3.8) is 0 Å². The zero-order valence-electron chi connectivity index (χ0n) is 19.3. The van der Waals surface area contributed by atoms with Crippen LogP contribution in [0.4, 0.5) is 21.9 Å². The van der Waals surface area contributed by atoms with E-state index in [0.29, 0.717) is 29.5 Å². The van der Waals surface area contributed by atoms with Gasteiger partial charge in [0.1, 0.15) is 16.9 Å². The Bertz CT molecular complexity index is 1180. The predicted octanol–water partition coefficient (Wildman–Crippen LogP) is 5.82. The molecule has 1 aliphatic rings. The van der Waals surface area contributed by atoms with E-state index >= 15 is 0 Å². The maximum atomic E-state index is 12.8. The van der Waals surface area contributed by atoms with Crippen LogP contribution in [-0.4, -0.2) is 31.4 Å². The monoisotopic (exact) mass is 477 g/mol. The minimum Gasteiger partial charge on any atom is -0.495 e. The van der Waals surface area contributed by atoms with Crippen molar-refractivity contribution in [2.24, 2.45) is 0 Å². The number of ether oxygens (including phenoxy) is 2. The Morgan fingerprint density at radius 3 is 2.56 bits per heavy atom. The summed E-state index contributed by atoms with van der Waals surface area (Å²) in [6.45, 7) is 4.49. The highest BCUT2D eigenvalue weighted by Crippen LogP contribution is 2.45. The molecule has 0 bridgehead atoms. The van der Waals surface area contributed by atoms with Crippen molar-refractivity contribution in [2.75, 3.05) is 35.0 Å². The number of thioether (sulfide) groups is 1. The molecule has 0 aromatic heterocycles. The Hall–Kier alpha value is -3.65. The lowest BCUT2D eigenvalue weighted by atomic mass is 10.1. The van der Waals surface area contributed by atoms with Gasteiger partial charge in [0.05, 0.1) is 25.2 Å². The molecule has 0 spiro atoms. The molecule has 1 fully saturated rings. The van der Waals surface area contributed by atoms with E-state index in [0.717, 1.165) is 22.6 Å². The molecular weight excluding hydrogens is 450 g/mol. The zero-order chi connectivity index (χ0) is 24.1. The standard InChI is InChI=1S/C26H27N3O4S/c1-4-33-21-11-9-19(10-12-21)27-26(31)28-20-7-5-6-18(15-20)25-29(24(30)16-34-25)22-14-17(2)8-13-23(22)32-3/h5-15,25H,4,16H2,1-3H3,(H2,27,28,31). The number of carbonyl (C=O) groups excluding carboxylic acids is 2. The molecule has 1 aliphatic heterocycles. The van der Waals surface area contributed by atoms with Crippen LogP contribution in [-0.2, 0) is 4.79 Å². The summed E-state index contributed by atoms with van der Waals surface area (Å²) in [6, 6.07) is 20.2. The normalized spacial score (nSPS) is 15.2. The van der Waals surface area contributed by atoms with Crippen LogP contribution in [0.3, 0.4) is 0 Å². The number of urea groups is 1. The summed E-state index contributed by atoms with van der Waals surface area (Å²) in [7, 11) is 1.60. The van der Waals surface area contributed by atoms with Gasteiger partial charge in [-0.15, -0.1) is 11.8 Å². The first-order valence-corrected chi connectivity index (χ1v) is 12.0. The molecule has 1 unspecified atom stereocenters. The third kappa shape index (κ3) is 5.28. The van der Waals surface area contributed by atoms with E-state index in [4.69, 9.17) is 9.47 Å². The summed E-state index contributed by atoms with van der Waals surface area (Å²) >= 11 is 1.55. The zero-order valence-corrected chi connectivity index (χ0v) is 20.1. The minimum atomic E-state index is -0.353. The Balaban J connectivity index is 1.51. The quantitative estimate of drug-likeness (QED) is 0.448. The highest BCUT2D eigenvalue weighted by Gasteiger charge is 2.35. The van der Waals surface area contributed by atoms with E-state index in [-0.39, 0.29) is 17.3 Å². The van der Waals surface area contributed by atoms with Gasteiger partial charge in [-0.2, -0.15) is 0 Å². The van der Waals surface area contributed by atoms with Gasteiger partial charge in [-0.25, -0.2) is 4.79 Å². The van der Waals surface area contributed by atoms with Gasteiger partial charge in [0.2, 0.25) is 5.91 Å². The number of benzene rings is 3. The molecule has 2 N–H and O–H groups in total. The molecule has 0 saturated carbocycles. The van der Waals surface area contributed by atoms with Crippen LogP contribution in [0.5, 0.6) is 11.5 Å². The van der Waals surface area contributed by atoms with Crippen molar-refractivity contribution in [2.45, 2.75) is 19.2 Å². The van der Waals surface area contributed by atoms with Gasteiger partial charge in [0, 0.05) is 11.4 Å². The molecule has 1 atom stereocenters. The van der Waals surface area contributed by atoms with Crippen molar-refractivity contribution < 1.29 is 19.1 Å². The lowest BCUT2D eigenvalue weighted by Gasteiger charge is -2.26. The number of nitrogens with zero attached hydrogens (tertiary/aromatic N) is 1. The fourth-order valence-corrected chi connectivity index (χ4v) is 4.94. The summed E-state index contributed by atoms with van der Waals surface area (Å²) in [4.78, 5) is 27.1. The fourth-order valence-electron chi connectivity index (χ4n) is 3.78. The van der Waals surface area contributed by atoms with Crippen molar-refractivity contribution in [3.05, 3.63) is 77.9 Å². The van der Waals surface area contributed by atoms with Gasteiger partial charge in [0.25, 0.3) is 0 Å². The lowest BCUT2D eigenvalue weighted by molar-refractivity contribution is -0.115. The number of rotatable bonds is 7. The van der Waals surface area contributed by atoms with Crippen molar-refractivity contribution in [1.29, 1.82) is 0 Å². The Morgan fingerprint density at radius 1 is 1.06 bits per heavy atom. The molecule has 34 heavy (non-hydrogen) atoms. The van der Waals surface area contributed by atoms with Crippen LogP contribution < -0.4 is 25.0 Å². The highest BCUT2D eigenvalue weighted by atomic mass is 32.2. The smallest absolute Gasteiger partial charge is 0.323 e. The molecule has 0 radical (unpaired) electrons. The Kier molecular flexibility index (Phi) is 7.27. The number of amides is 3. The van der Waals surface area contributed by atoms with Crippen LogP contribution >= 0.6 is 11.8 Å². The largest absolute Gasteiger partial charge is 0.495 e. The van der Waals surface area contributed by atoms with Gasteiger partial charge < -0.3 is 20.1 Å². The molecule has 4 rings (SSSR count). The van der Waals surface area contributed by atoms with E-state index in [9.17, 15) is 9.59 Å². The molecule has 3 aromatic carbocycles. The lowest BCUT2D eigenvalue weighted by Crippen LogP contribution is -2.28. The number of anilines is 3. The SMILES string of the molecule is CCOc1ccc(NC(=O)Nc2cccc(C3SCC(=O)N3c3cc(C)ccc3OC)c2)cc1. The van der Waals surface area contributed by atoms with E-state index in [1.165, 1.54) is 0 Å². The van der Waals surface area contributed by atoms with Crippen molar-refractivity contribution in [1.82, 2.24) is 0 Å². The third-order valence-corrected chi connectivity index (χ3v) is 6.53. The van der Waals surface area contributed by atoms with E-state index in [2.05, 4.69) is 10.6 Å². The summed E-state index contributed by atoms with van der Waals surface area (Å²) in [5, 5.41) is 5.47. The van der Waals surface area contributed by atoms with Gasteiger partial charge in [-0.3, -0.25) is 9.69 Å². The summed E-state index contributed by atoms with van der Waals surface area (Å²) in [5.41, 5.74) is 4.00. The molecule has 176 valence electrons.